The van der Waals surface area contributed by atoms with Gasteiger partial charge in [0.15, 0.2) is 5.13 Å². The first-order chi connectivity index (χ1) is 17.0. The fourth-order valence-electron chi connectivity index (χ4n) is 4.32. The summed E-state index contributed by atoms with van der Waals surface area (Å²) in [7, 11) is 0. The van der Waals surface area contributed by atoms with Crippen LogP contribution in [0, 0.1) is 0 Å². The summed E-state index contributed by atoms with van der Waals surface area (Å²) in [6, 6.07) is 3.65. The van der Waals surface area contributed by atoms with Gasteiger partial charge in [0.05, 0.1) is 66.9 Å². The molecule has 3 aromatic rings. The molecular weight excluding hydrogens is 490 g/mol. The number of pyridine rings is 1. The number of thiazole rings is 2. The molecule has 186 valence electrons. The zero-order chi connectivity index (χ0) is 24.4. The molecule has 5 heterocycles. The van der Waals surface area contributed by atoms with Crippen molar-refractivity contribution in [2.45, 2.75) is 44.6 Å². The number of fused-ring (bicyclic) bond motifs is 2. The van der Waals surface area contributed by atoms with Gasteiger partial charge in [-0.25, -0.2) is 15.0 Å². The second-order valence-electron chi connectivity index (χ2n) is 8.50. The monoisotopic (exact) mass is 517 g/mol. The molecule has 2 fully saturated rings. The SMILES string of the molecule is CC(O)c1nc(CO)c(-c2csc(Nc3ccc(C(=O)N4[C@@H]5CC[C@H]4COCCOC5)cn3)n2)s1. The summed E-state index contributed by atoms with van der Waals surface area (Å²) in [6.07, 6.45) is 2.69. The maximum absolute atomic E-state index is 13.3. The third-order valence-corrected chi connectivity index (χ3v) is 8.10. The molecule has 12 heteroatoms. The number of aromatic nitrogens is 3. The van der Waals surface area contributed by atoms with E-state index in [1.807, 2.05) is 10.3 Å². The van der Waals surface area contributed by atoms with E-state index in [2.05, 4.69) is 20.3 Å². The van der Waals surface area contributed by atoms with Gasteiger partial charge in [-0.05, 0) is 31.9 Å². The number of ether oxygens (including phenoxy) is 2. The number of rotatable bonds is 6. The Morgan fingerprint density at radius 3 is 2.60 bits per heavy atom. The molecule has 0 aliphatic carbocycles. The van der Waals surface area contributed by atoms with Gasteiger partial charge in [-0.15, -0.1) is 22.7 Å². The Balaban J connectivity index is 1.28. The fraction of sp³-hybridized carbons (Fsp3) is 0.478. The number of aliphatic hydroxyl groups is 2. The molecule has 0 aromatic carbocycles. The molecule has 0 spiro atoms. The molecule has 0 radical (unpaired) electrons. The summed E-state index contributed by atoms with van der Waals surface area (Å²) in [5.74, 6) is 0.510. The summed E-state index contributed by atoms with van der Waals surface area (Å²) in [5, 5.41) is 25.6. The largest absolute Gasteiger partial charge is 0.390 e. The summed E-state index contributed by atoms with van der Waals surface area (Å²) >= 11 is 2.71. The molecule has 1 unspecified atom stereocenters. The van der Waals surface area contributed by atoms with E-state index in [1.54, 1.807) is 25.3 Å². The molecule has 0 saturated carbocycles. The van der Waals surface area contributed by atoms with Crippen LogP contribution in [0.15, 0.2) is 23.7 Å². The van der Waals surface area contributed by atoms with Crippen LogP contribution in [-0.4, -0.2) is 74.5 Å². The topological polar surface area (TPSA) is 130 Å². The minimum atomic E-state index is -0.709. The van der Waals surface area contributed by atoms with Crippen molar-refractivity contribution in [1.82, 2.24) is 19.9 Å². The van der Waals surface area contributed by atoms with Gasteiger partial charge in [0.25, 0.3) is 5.91 Å². The summed E-state index contributed by atoms with van der Waals surface area (Å²) in [5.41, 5.74) is 1.69. The van der Waals surface area contributed by atoms with Crippen molar-refractivity contribution >= 4 is 39.5 Å². The van der Waals surface area contributed by atoms with Crippen molar-refractivity contribution in [1.29, 1.82) is 0 Å². The van der Waals surface area contributed by atoms with Crippen LogP contribution in [0.25, 0.3) is 10.6 Å². The van der Waals surface area contributed by atoms with E-state index in [-0.39, 0.29) is 24.6 Å². The van der Waals surface area contributed by atoms with Crippen LogP contribution >= 0.6 is 22.7 Å². The Hall–Kier alpha value is -2.48. The summed E-state index contributed by atoms with van der Waals surface area (Å²) < 4.78 is 11.3. The Morgan fingerprint density at radius 2 is 1.97 bits per heavy atom. The molecule has 2 saturated heterocycles. The number of carbonyl (C=O) groups is 1. The molecule has 10 nitrogen and oxygen atoms in total. The first kappa shape index (κ1) is 24.2. The number of nitrogens with one attached hydrogen (secondary N) is 1. The molecule has 3 N–H and O–H groups in total. The summed E-state index contributed by atoms with van der Waals surface area (Å²) in [4.78, 5) is 29.2. The van der Waals surface area contributed by atoms with E-state index in [1.165, 1.54) is 22.7 Å². The minimum absolute atomic E-state index is 0.0576. The van der Waals surface area contributed by atoms with Gasteiger partial charge in [0, 0.05) is 11.6 Å². The predicted molar refractivity (Wildman–Crippen MR) is 132 cm³/mol. The van der Waals surface area contributed by atoms with Gasteiger partial charge in [-0.3, -0.25) is 4.79 Å². The number of hydrogen-bond donors (Lipinski definition) is 3. The molecule has 2 aliphatic rings. The van der Waals surface area contributed by atoms with Crippen molar-refractivity contribution in [2.24, 2.45) is 0 Å². The van der Waals surface area contributed by atoms with Crippen molar-refractivity contribution in [3.63, 3.8) is 0 Å². The Labute approximate surface area is 210 Å². The van der Waals surface area contributed by atoms with E-state index in [4.69, 9.17) is 9.47 Å². The maximum atomic E-state index is 13.3. The molecular formula is C23H27N5O5S2. The van der Waals surface area contributed by atoms with Crippen LogP contribution in [0.3, 0.4) is 0 Å². The van der Waals surface area contributed by atoms with Gasteiger partial charge in [-0.2, -0.15) is 0 Å². The normalized spacial score (nSPS) is 21.3. The third kappa shape index (κ3) is 5.22. The molecule has 3 aromatic heterocycles. The molecule has 5 rings (SSSR count). The van der Waals surface area contributed by atoms with Crippen molar-refractivity contribution in [3.8, 4) is 10.6 Å². The van der Waals surface area contributed by atoms with Crippen molar-refractivity contribution < 1.29 is 24.5 Å². The van der Waals surface area contributed by atoms with E-state index >= 15 is 0 Å². The highest BCUT2D eigenvalue weighted by atomic mass is 32.1. The predicted octanol–water partition coefficient (Wildman–Crippen LogP) is 2.97. The quantitative estimate of drug-likeness (QED) is 0.452. The van der Waals surface area contributed by atoms with E-state index in [0.717, 1.165) is 17.7 Å². The van der Waals surface area contributed by atoms with E-state index in [0.29, 0.717) is 59.3 Å². The van der Waals surface area contributed by atoms with Gasteiger partial charge in [-0.1, -0.05) is 0 Å². The third-order valence-electron chi connectivity index (χ3n) is 6.05. The smallest absolute Gasteiger partial charge is 0.256 e. The maximum Gasteiger partial charge on any atom is 0.256 e. The molecule has 35 heavy (non-hydrogen) atoms. The standard InChI is InChI=1S/C23H27N5O5S2/c1-13(30)21-25-17(9-29)20(35-21)18-12-34-23(26-18)27-19-5-2-14(8-24-19)22(31)28-15-3-4-16(28)11-33-7-6-32-10-15/h2,5,8,12-13,15-16,29-30H,3-4,6-7,9-11H2,1H3,(H,24,26,27)/t13?,15-,16+. The van der Waals surface area contributed by atoms with Gasteiger partial charge in [0.1, 0.15) is 16.9 Å². The zero-order valence-corrected chi connectivity index (χ0v) is 20.8. The fourth-order valence-corrected chi connectivity index (χ4v) is 6.08. The Bertz CT molecular complexity index is 1150. The van der Waals surface area contributed by atoms with Crippen molar-refractivity contribution in [2.75, 3.05) is 31.7 Å². The number of amides is 1. The highest BCUT2D eigenvalue weighted by molar-refractivity contribution is 7.17. The second-order valence-corrected chi connectivity index (χ2v) is 10.4. The highest BCUT2D eigenvalue weighted by Gasteiger charge is 2.38. The molecule has 2 bridgehead atoms. The Morgan fingerprint density at radius 1 is 1.23 bits per heavy atom. The number of anilines is 2. The Kier molecular flexibility index (Phi) is 7.37. The average Bonchev–Trinajstić information content (AvgIpc) is 3.60. The average molecular weight is 518 g/mol. The van der Waals surface area contributed by atoms with Crippen LogP contribution < -0.4 is 5.32 Å². The lowest BCUT2D eigenvalue weighted by Crippen LogP contribution is -2.44. The van der Waals surface area contributed by atoms with Gasteiger partial charge >= 0.3 is 0 Å². The lowest BCUT2D eigenvalue weighted by molar-refractivity contribution is 0.0467. The van der Waals surface area contributed by atoms with E-state index in [9.17, 15) is 15.0 Å². The van der Waals surface area contributed by atoms with E-state index < -0.39 is 6.10 Å². The first-order valence-electron chi connectivity index (χ1n) is 11.5. The highest BCUT2D eigenvalue weighted by Crippen LogP contribution is 2.35. The first-order valence-corrected chi connectivity index (χ1v) is 13.2. The minimum Gasteiger partial charge on any atom is -0.390 e. The van der Waals surface area contributed by atoms with Crippen LogP contribution in [0.1, 0.15) is 46.9 Å². The van der Waals surface area contributed by atoms with Crippen LogP contribution in [0.2, 0.25) is 0 Å². The summed E-state index contributed by atoms with van der Waals surface area (Å²) in [6.45, 7) is 3.57. The molecule has 1 amide bonds. The number of aliphatic hydroxyl groups excluding tert-OH is 2. The van der Waals surface area contributed by atoms with Gasteiger partial charge in [0.2, 0.25) is 0 Å². The van der Waals surface area contributed by atoms with Crippen molar-refractivity contribution in [3.05, 3.63) is 40.0 Å². The lowest BCUT2D eigenvalue weighted by atomic mass is 10.2. The number of hydrogen-bond acceptors (Lipinski definition) is 11. The van der Waals surface area contributed by atoms with Crippen LogP contribution in [0.4, 0.5) is 10.9 Å². The van der Waals surface area contributed by atoms with Crippen LogP contribution in [-0.2, 0) is 16.1 Å². The molecule has 2 aliphatic heterocycles. The number of carbonyl (C=O) groups excluding carboxylic acids is 1. The molecule has 3 atom stereocenters. The zero-order valence-electron chi connectivity index (χ0n) is 19.2. The number of nitrogens with zero attached hydrogens (tertiary/aromatic N) is 4. The second kappa shape index (κ2) is 10.6. The van der Waals surface area contributed by atoms with Gasteiger partial charge < -0.3 is 29.9 Å². The lowest BCUT2D eigenvalue weighted by Gasteiger charge is -2.29. The van der Waals surface area contributed by atoms with Crippen LogP contribution in [0.5, 0.6) is 0 Å².